The fourth-order valence-corrected chi connectivity index (χ4v) is 2.43. The van der Waals surface area contributed by atoms with Crippen LogP contribution in [0.5, 0.6) is 0 Å². The second-order valence-electron chi connectivity index (χ2n) is 4.83. The smallest absolute Gasteiger partial charge is 0.332 e. The fourth-order valence-electron chi connectivity index (χ4n) is 2.43. The summed E-state index contributed by atoms with van der Waals surface area (Å²) in [4.78, 5) is 28.1. The maximum absolute atomic E-state index is 12.1. The Kier molecular flexibility index (Phi) is 3.19. The first-order chi connectivity index (χ1) is 8.49. The van der Waals surface area contributed by atoms with Gasteiger partial charge < -0.3 is 9.80 Å². The van der Waals surface area contributed by atoms with Crippen LogP contribution in [0.2, 0.25) is 0 Å². The van der Waals surface area contributed by atoms with Crippen molar-refractivity contribution in [2.45, 2.75) is 19.8 Å². The Morgan fingerprint density at radius 3 is 2.39 bits per heavy atom. The minimum absolute atomic E-state index is 0.213. The van der Waals surface area contributed by atoms with Crippen LogP contribution in [-0.2, 0) is 14.1 Å². The Balaban J connectivity index is 2.60. The van der Waals surface area contributed by atoms with Crippen molar-refractivity contribution < 1.29 is 0 Å². The number of rotatable bonds is 3. The monoisotopic (exact) mass is 252 g/mol. The predicted octanol–water partition coefficient (Wildman–Crippen LogP) is 0.0978. The van der Waals surface area contributed by atoms with E-state index in [1.807, 2.05) is 11.9 Å². The molecule has 6 nitrogen and oxygen atoms in total. The molecule has 1 aromatic rings. The van der Waals surface area contributed by atoms with Crippen LogP contribution in [0.4, 0.5) is 11.5 Å². The van der Waals surface area contributed by atoms with Gasteiger partial charge in [0.2, 0.25) is 0 Å². The molecular formula is C12H20N4O2. The third kappa shape index (κ3) is 1.72. The van der Waals surface area contributed by atoms with Crippen molar-refractivity contribution in [3.63, 3.8) is 0 Å². The molecule has 18 heavy (non-hydrogen) atoms. The Morgan fingerprint density at radius 2 is 1.78 bits per heavy atom. The molecule has 0 fully saturated rings. The first-order valence-electron chi connectivity index (χ1n) is 6.25. The fraction of sp³-hybridized carbons (Fsp3) is 0.667. The minimum atomic E-state index is -0.268. The number of aromatic nitrogens is 2. The van der Waals surface area contributed by atoms with Crippen LogP contribution in [-0.4, -0.2) is 29.4 Å². The molecule has 0 N–H and O–H groups in total. The molecule has 0 saturated heterocycles. The molecule has 0 spiro atoms. The highest BCUT2D eigenvalue weighted by molar-refractivity contribution is 5.71. The van der Waals surface area contributed by atoms with Gasteiger partial charge in [-0.1, -0.05) is 13.3 Å². The lowest BCUT2D eigenvalue weighted by atomic mass is 10.3. The molecule has 0 amide bonds. The molecule has 0 atom stereocenters. The number of fused-ring (bicyclic) bond motifs is 1. The van der Waals surface area contributed by atoms with Crippen molar-refractivity contribution in [3.05, 3.63) is 20.8 Å². The summed E-state index contributed by atoms with van der Waals surface area (Å²) in [6.45, 7) is 3.67. The average molecular weight is 252 g/mol. The van der Waals surface area contributed by atoms with Crippen LogP contribution in [0.1, 0.15) is 19.8 Å². The number of hydrogen-bond donors (Lipinski definition) is 0. The van der Waals surface area contributed by atoms with E-state index in [2.05, 4.69) is 11.8 Å². The quantitative estimate of drug-likeness (QED) is 0.765. The van der Waals surface area contributed by atoms with Crippen molar-refractivity contribution in [1.29, 1.82) is 0 Å². The van der Waals surface area contributed by atoms with Crippen LogP contribution in [0.15, 0.2) is 9.59 Å². The highest BCUT2D eigenvalue weighted by Crippen LogP contribution is 2.29. The molecule has 0 bridgehead atoms. The van der Waals surface area contributed by atoms with Crippen LogP contribution in [0.25, 0.3) is 0 Å². The summed E-state index contributed by atoms with van der Waals surface area (Å²) in [5.41, 5.74) is 0.140. The number of hydrogen-bond acceptors (Lipinski definition) is 4. The van der Waals surface area contributed by atoms with E-state index in [1.165, 1.54) is 11.6 Å². The maximum Gasteiger partial charge on any atom is 0.332 e. The van der Waals surface area contributed by atoms with Gasteiger partial charge in [-0.3, -0.25) is 13.9 Å². The number of nitrogens with zero attached hydrogens (tertiary/aromatic N) is 4. The summed E-state index contributed by atoms with van der Waals surface area (Å²) >= 11 is 0. The zero-order chi connectivity index (χ0) is 13.4. The van der Waals surface area contributed by atoms with Crippen molar-refractivity contribution in [3.8, 4) is 0 Å². The first-order valence-corrected chi connectivity index (χ1v) is 6.25. The lowest BCUT2D eigenvalue weighted by Gasteiger charge is -2.20. The van der Waals surface area contributed by atoms with E-state index in [1.54, 1.807) is 11.6 Å². The average Bonchev–Trinajstić information content (AvgIpc) is 2.68. The van der Waals surface area contributed by atoms with E-state index in [4.69, 9.17) is 0 Å². The van der Waals surface area contributed by atoms with Crippen LogP contribution < -0.4 is 21.0 Å². The normalized spacial score (nSPS) is 14.2. The Bertz CT molecular complexity index is 573. The molecule has 1 aliphatic rings. The standard InChI is InChI=1S/C12H20N4O2/c1-5-6-7-16-8-13(2)9-10(16)14(3)12(18)15(4)11(9)17/h5-8H2,1-4H3. The van der Waals surface area contributed by atoms with Crippen molar-refractivity contribution in [2.75, 3.05) is 30.1 Å². The summed E-state index contributed by atoms with van der Waals surface area (Å²) in [6, 6.07) is 0. The Labute approximate surface area is 106 Å². The van der Waals surface area contributed by atoms with E-state index >= 15 is 0 Å². The second-order valence-corrected chi connectivity index (χ2v) is 4.83. The number of unbranched alkanes of at least 4 members (excludes halogenated alkanes) is 1. The van der Waals surface area contributed by atoms with Crippen molar-refractivity contribution in [2.24, 2.45) is 14.1 Å². The van der Waals surface area contributed by atoms with Gasteiger partial charge >= 0.3 is 5.69 Å². The summed E-state index contributed by atoms with van der Waals surface area (Å²) in [5.74, 6) is 0.749. The van der Waals surface area contributed by atoms with Gasteiger partial charge in [0.25, 0.3) is 5.56 Å². The van der Waals surface area contributed by atoms with Gasteiger partial charge in [-0.15, -0.1) is 0 Å². The molecule has 0 radical (unpaired) electrons. The van der Waals surface area contributed by atoms with Gasteiger partial charge in [-0.05, 0) is 6.42 Å². The van der Waals surface area contributed by atoms with E-state index in [-0.39, 0.29) is 11.2 Å². The Morgan fingerprint density at radius 1 is 1.11 bits per heavy atom. The van der Waals surface area contributed by atoms with Crippen LogP contribution in [0.3, 0.4) is 0 Å². The maximum atomic E-state index is 12.1. The van der Waals surface area contributed by atoms with E-state index in [0.717, 1.165) is 25.2 Å². The third-order valence-electron chi connectivity index (χ3n) is 3.46. The van der Waals surface area contributed by atoms with Gasteiger partial charge in [0.05, 0.1) is 6.67 Å². The van der Waals surface area contributed by atoms with E-state index in [9.17, 15) is 9.59 Å². The molecule has 2 heterocycles. The lowest BCUT2D eigenvalue weighted by molar-refractivity contribution is 0.669. The highest BCUT2D eigenvalue weighted by atomic mass is 16.2. The summed E-state index contributed by atoms with van der Waals surface area (Å²) in [5, 5.41) is 0. The highest BCUT2D eigenvalue weighted by Gasteiger charge is 2.29. The molecule has 1 aromatic heterocycles. The Hall–Kier alpha value is -1.72. The second kappa shape index (κ2) is 4.51. The zero-order valence-electron chi connectivity index (χ0n) is 11.4. The van der Waals surface area contributed by atoms with Gasteiger partial charge in [0.1, 0.15) is 11.5 Å². The molecule has 0 unspecified atom stereocenters. The summed E-state index contributed by atoms with van der Waals surface area (Å²) < 4.78 is 2.73. The van der Waals surface area contributed by atoms with Gasteiger partial charge in [0, 0.05) is 27.7 Å². The topological polar surface area (TPSA) is 50.5 Å². The molecule has 0 aromatic carbocycles. The van der Waals surface area contributed by atoms with Crippen molar-refractivity contribution >= 4 is 11.5 Å². The predicted molar refractivity (Wildman–Crippen MR) is 72.4 cm³/mol. The van der Waals surface area contributed by atoms with E-state index in [0.29, 0.717) is 12.4 Å². The molecule has 0 aliphatic carbocycles. The molecule has 100 valence electrons. The number of anilines is 2. The molecule has 1 aliphatic heterocycles. The van der Waals surface area contributed by atoms with Crippen LogP contribution in [0, 0.1) is 0 Å². The summed E-state index contributed by atoms with van der Waals surface area (Å²) in [7, 11) is 5.13. The van der Waals surface area contributed by atoms with Crippen molar-refractivity contribution in [1.82, 2.24) is 9.13 Å². The molecule has 0 saturated carbocycles. The largest absolute Gasteiger partial charge is 0.349 e. The SMILES string of the molecule is CCCCN1CN(C)c2c1n(C)c(=O)n(C)c2=O. The van der Waals surface area contributed by atoms with Gasteiger partial charge in [-0.25, -0.2) is 4.79 Å². The van der Waals surface area contributed by atoms with Gasteiger partial charge in [-0.2, -0.15) is 0 Å². The summed E-state index contributed by atoms with van der Waals surface area (Å²) in [6.07, 6.45) is 2.14. The molecule has 2 rings (SSSR count). The van der Waals surface area contributed by atoms with Crippen LogP contribution >= 0.6 is 0 Å². The third-order valence-corrected chi connectivity index (χ3v) is 3.46. The minimum Gasteiger partial charge on any atom is -0.349 e. The van der Waals surface area contributed by atoms with E-state index < -0.39 is 0 Å². The zero-order valence-corrected chi connectivity index (χ0v) is 11.4. The molecular weight excluding hydrogens is 232 g/mol. The molecule has 6 heteroatoms. The lowest BCUT2D eigenvalue weighted by Crippen LogP contribution is -2.39. The van der Waals surface area contributed by atoms with Gasteiger partial charge in [0.15, 0.2) is 0 Å². The first kappa shape index (κ1) is 12.7.